The van der Waals surface area contributed by atoms with E-state index in [1.54, 1.807) is 13.0 Å². The highest BCUT2D eigenvalue weighted by Gasteiger charge is 2.14. The van der Waals surface area contributed by atoms with E-state index in [4.69, 9.17) is 10.2 Å². The summed E-state index contributed by atoms with van der Waals surface area (Å²) in [7, 11) is 0. The maximum absolute atomic E-state index is 12.2. The Morgan fingerprint density at radius 1 is 1.26 bits per heavy atom. The van der Waals surface area contributed by atoms with Crippen molar-refractivity contribution in [3.8, 4) is 0 Å². The van der Waals surface area contributed by atoms with Gasteiger partial charge in [-0.25, -0.2) is 0 Å². The molecule has 0 aliphatic heterocycles. The van der Waals surface area contributed by atoms with Gasteiger partial charge in [0.1, 0.15) is 11.5 Å². The van der Waals surface area contributed by atoms with Crippen LogP contribution in [0.25, 0.3) is 0 Å². The molecule has 0 aliphatic rings. The Kier molecular flexibility index (Phi) is 3.71. The maximum Gasteiger partial charge on any atom is 0.259 e. The molecule has 0 unspecified atom stereocenters. The van der Waals surface area contributed by atoms with E-state index in [1.807, 2.05) is 32.0 Å². The summed E-state index contributed by atoms with van der Waals surface area (Å²) < 4.78 is 5.37. The summed E-state index contributed by atoms with van der Waals surface area (Å²) in [6, 6.07) is 7.55. The fourth-order valence-electron chi connectivity index (χ4n) is 1.98. The summed E-state index contributed by atoms with van der Waals surface area (Å²) in [5.41, 5.74) is 8.95. The molecule has 1 aromatic carbocycles. The van der Waals surface area contributed by atoms with E-state index in [-0.39, 0.29) is 5.91 Å². The van der Waals surface area contributed by atoms with E-state index in [9.17, 15) is 4.79 Å². The number of nitrogens with one attached hydrogen (secondary N) is 1. The Balaban J connectivity index is 2.26. The number of furan rings is 1. The monoisotopic (exact) mass is 258 g/mol. The van der Waals surface area contributed by atoms with Gasteiger partial charge in [0.2, 0.25) is 0 Å². The minimum Gasteiger partial charge on any atom is -0.466 e. The maximum atomic E-state index is 12.2. The Morgan fingerprint density at radius 2 is 2.00 bits per heavy atom. The molecule has 1 heterocycles. The van der Waals surface area contributed by atoms with Crippen LogP contribution in [0, 0.1) is 20.8 Å². The first-order valence-electron chi connectivity index (χ1n) is 6.19. The highest BCUT2D eigenvalue weighted by atomic mass is 16.3. The smallest absolute Gasteiger partial charge is 0.259 e. The van der Waals surface area contributed by atoms with E-state index in [0.717, 1.165) is 22.6 Å². The van der Waals surface area contributed by atoms with Crippen molar-refractivity contribution in [1.29, 1.82) is 0 Å². The summed E-state index contributed by atoms with van der Waals surface area (Å²) in [5.74, 6) is 1.20. The highest BCUT2D eigenvalue weighted by Crippen LogP contribution is 2.20. The molecular weight excluding hydrogens is 240 g/mol. The number of hydrogen-bond acceptors (Lipinski definition) is 3. The molecule has 19 heavy (non-hydrogen) atoms. The van der Waals surface area contributed by atoms with Crippen molar-refractivity contribution in [1.82, 2.24) is 0 Å². The number of nitrogens with two attached hydrogens (primary N) is 1. The fraction of sp³-hybridized carbons (Fsp3) is 0.267. The number of anilines is 1. The minimum atomic E-state index is -0.161. The zero-order valence-corrected chi connectivity index (χ0v) is 11.4. The van der Waals surface area contributed by atoms with Crippen LogP contribution < -0.4 is 11.1 Å². The number of rotatable bonds is 3. The molecule has 0 saturated heterocycles. The summed E-state index contributed by atoms with van der Waals surface area (Å²) >= 11 is 0. The lowest BCUT2D eigenvalue weighted by Crippen LogP contribution is -2.13. The zero-order chi connectivity index (χ0) is 14.0. The van der Waals surface area contributed by atoms with Crippen molar-refractivity contribution in [2.24, 2.45) is 5.73 Å². The van der Waals surface area contributed by atoms with Gasteiger partial charge in [-0.1, -0.05) is 12.1 Å². The van der Waals surface area contributed by atoms with Crippen molar-refractivity contribution in [2.75, 3.05) is 5.32 Å². The van der Waals surface area contributed by atoms with Gasteiger partial charge in [0.05, 0.1) is 5.56 Å². The van der Waals surface area contributed by atoms with Crippen LogP contribution in [0.5, 0.6) is 0 Å². The lowest BCUT2D eigenvalue weighted by atomic mass is 10.1. The van der Waals surface area contributed by atoms with Gasteiger partial charge in [0, 0.05) is 12.2 Å². The predicted molar refractivity (Wildman–Crippen MR) is 75.2 cm³/mol. The van der Waals surface area contributed by atoms with E-state index < -0.39 is 0 Å². The predicted octanol–water partition coefficient (Wildman–Crippen LogP) is 2.92. The molecule has 0 saturated carbocycles. The van der Waals surface area contributed by atoms with Crippen LogP contribution >= 0.6 is 0 Å². The molecular formula is C15H18N2O2. The van der Waals surface area contributed by atoms with Crippen LogP contribution in [-0.4, -0.2) is 5.91 Å². The number of hydrogen-bond donors (Lipinski definition) is 2. The molecule has 2 aromatic rings. The third kappa shape index (κ3) is 2.85. The first-order valence-corrected chi connectivity index (χ1v) is 6.19. The van der Waals surface area contributed by atoms with E-state index in [0.29, 0.717) is 17.9 Å². The van der Waals surface area contributed by atoms with Crippen molar-refractivity contribution in [3.63, 3.8) is 0 Å². The second-order valence-corrected chi connectivity index (χ2v) is 4.63. The van der Waals surface area contributed by atoms with E-state index in [1.165, 1.54) is 0 Å². The van der Waals surface area contributed by atoms with Crippen LogP contribution in [-0.2, 0) is 6.54 Å². The summed E-state index contributed by atoms with van der Waals surface area (Å²) in [4.78, 5) is 12.2. The Morgan fingerprint density at radius 3 is 2.58 bits per heavy atom. The molecule has 1 aromatic heterocycles. The molecule has 0 aliphatic carbocycles. The van der Waals surface area contributed by atoms with Crippen LogP contribution in [0.2, 0.25) is 0 Å². The minimum absolute atomic E-state index is 0.161. The van der Waals surface area contributed by atoms with Crippen LogP contribution in [0.1, 0.15) is 33.0 Å². The molecule has 4 nitrogen and oxygen atoms in total. The average molecular weight is 258 g/mol. The molecule has 1 amide bonds. The van der Waals surface area contributed by atoms with Crippen molar-refractivity contribution >= 4 is 11.6 Å². The summed E-state index contributed by atoms with van der Waals surface area (Å²) in [5, 5.41) is 2.90. The Bertz CT molecular complexity index is 615. The second-order valence-electron chi connectivity index (χ2n) is 4.63. The third-order valence-corrected chi connectivity index (χ3v) is 3.07. The molecule has 2 rings (SSSR count). The van der Waals surface area contributed by atoms with Gasteiger partial charge in [0.25, 0.3) is 5.91 Å². The lowest BCUT2D eigenvalue weighted by molar-refractivity contribution is 0.102. The largest absolute Gasteiger partial charge is 0.466 e. The Labute approximate surface area is 112 Å². The first-order chi connectivity index (χ1) is 9.01. The topological polar surface area (TPSA) is 68.3 Å². The van der Waals surface area contributed by atoms with Crippen LogP contribution in [0.3, 0.4) is 0 Å². The summed E-state index contributed by atoms with van der Waals surface area (Å²) in [6.45, 7) is 6.01. The quantitative estimate of drug-likeness (QED) is 0.889. The highest BCUT2D eigenvalue weighted by molar-refractivity contribution is 6.05. The van der Waals surface area contributed by atoms with Gasteiger partial charge < -0.3 is 15.5 Å². The summed E-state index contributed by atoms with van der Waals surface area (Å²) in [6.07, 6.45) is 0. The lowest BCUT2D eigenvalue weighted by Gasteiger charge is -2.09. The van der Waals surface area contributed by atoms with Gasteiger partial charge in [-0.05, 0) is 44.0 Å². The third-order valence-electron chi connectivity index (χ3n) is 3.07. The van der Waals surface area contributed by atoms with Gasteiger partial charge in [-0.3, -0.25) is 4.79 Å². The molecule has 0 fully saturated rings. The van der Waals surface area contributed by atoms with Gasteiger partial charge in [-0.2, -0.15) is 0 Å². The second kappa shape index (κ2) is 5.28. The van der Waals surface area contributed by atoms with Crippen LogP contribution in [0.15, 0.2) is 28.7 Å². The molecule has 3 N–H and O–H groups in total. The Hall–Kier alpha value is -2.07. The number of carbonyl (C=O) groups excluding carboxylic acids is 1. The molecule has 0 bridgehead atoms. The van der Waals surface area contributed by atoms with Crippen molar-refractivity contribution in [3.05, 3.63) is 52.5 Å². The average Bonchev–Trinajstić information content (AvgIpc) is 2.71. The number of aryl methyl sites for hydroxylation is 3. The molecule has 0 spiro atoms. The van der Waals surface area contributed by atoms with Gasteiger partial charge in [0.15, 0.2) is 0 Å². The molecule has 100 valence electrons. The zero-order valence-electron chi connectivity index (χ0n) is 11.4. The SMILES string of the molecule is Cc1cc(C(=O)Nc2cc(CN)ccc2C)c(C)o1. The molecule has 0 atom stereocenters. The number of carbonyl (C=O) groups is 1. The normalized spacial score (nSPS) is 10.5. The van der Waals surface area contributed by atoms with Gasteiger partial charge in [-0.15, -0.1) is 0 Å². The van der Waals surface area contributed by atoms with Crippen molar-refractivity contribution in [2.45, 2.75) is 27.3 Å². The van der Waals surface area contributed by atoms with Crippen LogP contribution in [0.4, 0.5) is 5.69 Å². The van der Waals surface area contributed by atoms with Gasteiger partial charge >= 0.3 is 0 Å². The number of benzene rings is 1. The molecule has 0 radical (unpaired) electrons. The van der Waals surface area contributed by atoms with E-state index in [2.05, 4.69) is 5.32 Å². The fourth-order valence-corrected chi connectivity index (χ4v) is 1.98. The molecule has 4 heteroatoms. The number of amides is 1. The first kappa shape index (κ1) is 13.4. The standard InChI is InChI=1S/C15H18N2O2/c1-9-4-5-12(8-16)7-14(9)17-15(18)13-6-10(2)19-11(13)3/h4-7H,8,16H2,1-3H3,(H,17,18). The van der Waals surface area contributed by atoms with Crippen molar-refractivity contribution < 1.29 is 9.21 Å². The van der Waals surface area contributed by atoms with E-state index >= 15 is 0 Å².